The van der Waals surface area contributed by atoms with Crippen molar-refractivity contribution < 1.29 is 28.6 Å². The van der Waals surface area contributed by atoms with E-state index in [4.69, 9.17) is 13.9 Å². The second kappa shape index (κ2) is 7.98. The Bertz CT molecular complexity index is 790. The monoisotopic (exact) mass is 404 g/mol. The van der Waals surface area contributed by atoms with Crippen LogP contribution >= 0.6 is 0 Å². The minimum absolute atomic E-state index is 0.202. The van der Waals surface area contributed by atoms with Gasteiger partial charge in [-0.05, 0) is 42.9 Å². The molecule has 4 atom stereocenters. The van der Waals surface area contributed by atoms with Crippen LogP contribution in [0.1, 0.15) is 65.9 Å². The van der Waals surface area contributed by atoms with Gasteiger partial charge in [0.1, 0.15) is 11.7 Å². The summed E-state index contributed by atoms with van der Waals surface area (Å²) in [5.41, 5.74) is 1.80. The topological polar surface area (TPSA) is 86.0 Å². The van der Waals surface area contributed by atoms with Gasteiger partial charge in [-0.15, -0.1) is 0 Å². The fourth-order valence-corrected chi connectivity index (χ4v) is 5.15. The Morgan fingerprint density at radius 3 is 2.55 bits per heavy atom. The van der Waals surface area contributed by atoms with Crippen molar-refractivity contribution >= 4 is 11.9 Å². The Morgan fingerprint density at radius 1 is 1.24 bits per heavy atom. The molecule has 29 heavy (non-hydrogen) atoms. The number of rotatable bonds is 5. The number of carbonyl (C=O) groups excluding carboxylic acids is 2. The zero-order chi connectivity index (χ0) is 21.4. The maximum atomic E-state index is 12.2. The lowest BCUT2D eigenvalue weighted by molar-refractivity contribution is -0.173. The largest absolute Gasteiger partial charge is 0.472 e. The standard InChI is InChI=1S/C23H32O6/c1-14-20(28-15(2)24)12-19-18(6-7-21(26)22(19,4)5)23(14,29-16(3)25)10-8-17-9-11-27-13-17/h9,11,13-14,20-21,26H,6-8,10,12H2,1-5H3/t14-,20-,21-,23-/m1/s1. The predicted molar refractivity (Wildman–Crippen MR) is 107 cm³/mol. The second-order valence-corrected chi connectivity index (χ2v) is 8.99. The molecule has 1 heterocycles. The van der Waals surface area contributed by atoms with Crippen LogP contribution in [0.5, 0.6) is 0 Å². The highest BCUT2D eigenvalue weighted by Gasteiger charge is 2.55. The Kier molecular flexibility index (Phi) is 5.95. The smallest absolute Gasteiger partial charge is 0.303 e. The minimum atomic E-state index is -0.881. The molecule has 0 spiro atoms. The lowest BCUT2D eigenvalue weighted by atomic mass is 9.58. The van der Waals surface area contributed by atoms with Crippen LogP contribution in [0.4, 0.5) is 0 Å². The van der Waals surface area contributed by atoms with Gasteiger partial charge in [0, 0.05) is 31.6 Å². The number of ether oxygens (including phenoxy) is 2. The molecule has 6 nitrogen and oxygen atoms in total. The number of aliphatic hydroxyl groups is 1. The highest BCUT2D eigenvalue weighted by atomic mass is 16.6. The van der Waals surface area contributed by atoms with Crippen molar-refractivity contribution in [2.24, 2.45) is 11.3 Å². The van der Waals surface area contributed by atoms with Gasteiger partial charge in [0.2, 0.25) is 0 Å². The van der Waals surface area contributed by atoms with E-state index in [1.165, 1.54) is 13.8 Å². The van der Waals surface area contributed by atoms with Gasteiger partial charge in [0.25, 0.3) is 0 Å². The number of hydrogen-bond donors (Lipinski definition) is 1. The maximum Gasteiger partial charge on any atom is 0.303 e. The molecular weight excluding hydrogens is 372 g/mol. The number of aryl methyl sites for hydroxylation is 1. The first-order valence-corrected chi connectivity index (χ1v) is 10.4. The summed E-state index contributed by atoms with van der Waals surface area (Å²) >= 11 is 0. The summed E-state index contributed by atoms with van der Waals surface area (Å²) < 4.78 is 17.0. The van der Waals surface area contributed by atoms with Gasteiger partial charge in [0.05, 0.1) is 18.6 Å². The van der Waals surface area contributed by atoms with Crippen LogP contribution in [0.2, 0.25) is 0 Å². The van der Waals surface area contributed by atoms with E-state index in [1.807, 2.05) is 26.8 Å². The van der Waals surface area contributed by atoms with Crippen LogP contribution in [0.25, 0.3) is 0 Å². The van der Waals surface area contributed by atoms with Gasteiger partial charge in [-0.3, -0.25) is 9.59 Å². The van der Waals surface area contributed by atoms with Crippen molar-refractivity contribution in [2.75, 3.05) is 0 Å². The molecule has 0 saturated heterocycles. The highest BCUT2D eigenvalue weighted by molar-refractivity contribution is 5.68. The Hall–Kier alpha value is -2.08. The third kappa shape index (κ3) is 4.00. The number of furan rings is 1. The van der Waals surface area contributed by atoms with Crippen LogP contribution in [0.3, 0.4) is 0 Å². The summed E-state index contributed by atoms with van der Waals surface area (Å²) in [5.74, 6) is -0.915. The van der Waals surface area contributed by atoms with Crippen molar-refractivity contribution in [2.45, 2.75) is 84.5 Å². The van der Waals surface area contributed by atoms with E-state index in [0.29, 0.717) is 32.1 Å². The summed E-state index contributed by atoms with van der Waals surface area (Å²) in [7, 11) is 0. The molecule has 2 aliphatic carbocycles. The molecule has 0 unspecified atom stereocenters. The van der Waals surface area contributed by atoms with Gasteiger partial charge in [0.15, 0.2) is 0 Å². The van der Waals surface area contributed by atoms with Crippen LogP contribution in [-0.4, -0.2) is 34.9 Å². The Labute approximate surface area is 172 Å². The van der Waals surface area contributed by atoms with E-state index in [0.717, 1.165) is 16.7 Å². The molecule has 0 aromatic carbocycles. The zero-order valence-corrected chi connectivity index (χ0v) is 18.0. The molecule has 0 bridgehead atoms. The fourth-order valence-electron chi connectivity index (χ4n) is 5.15. The molecule has 0 amide bonds. The molecule has 0 aliphatic heterocycles. The molecule has 1 aromatic heterocycles. The molecule has 0 saturated carbocycles. The van der Waals surface area contributed by atoms with Crippen molar-refractivity contribution in [1.82, 2.24) is 0 Å². The Balaban J connectivity index is 2.12. The first kappa shape index (κ1) is 21.6. The Morgan fingerprint density at radius 2 is 1.97 bits per heavy atom. The first-order valence-electron chi connectivity index (χ1n) is 10.4. The quantitative estimate of drug-likeness (QED) is 0.590. The van der Waals surface area contributed by atoms with E-state index in [1.54, 1.807) is 12.5 Å². The number of aliphatic hydroxyl groups excluding tert-OH is 1. The summed E-state index contributed by atoms with van der Waals surface area (Å²) in [6, 6.07) is 1.91. The highest BCUT2D eigenvalue weighted by Crippen LogP contribution is 2.55. The maximum absolute atomic E-state index is 12.2. The summed E-state index contributed by atoms with van der Waals surface area (Å²) in [4.78, 5) is 24.0. The molecule has 1 aromatic rings. The molecular formula is C23H32O6. The first-order chi connectivity index (χ1) is 13.6. The van der Waals surface area contributed by atoms with E-state index >= 15 is 0 Å². The van der Waals surface area contributed by atoms with Crippen molar-refractivity contribution in [1.29, 1.82) is 0 Å². The summed E-state index contributed by atoms with van der Waals surface area (Å²) in [6.07, 6.45) is 5.48. The average Bonchev–Trinajstić information content (AvgIpc) is 3.14. The number of esters is 2. The van der Waals surface area contributed by atoms with Crippen LogP contribution in [0.15, 0.2) is 34.2 Å². The third-order valence-electron chi connectivity index (χ3n) is 6.86. The van der Waals surface area contributed by atoms with E-state index in [-0.39, 0.29) is 17.9 Å². The fraction of sp³-hybridized carbons (Fsp3) is 0.652. The lowest BCUT2D eigenvalue weighted by Gasteiger charge is -2.53. The summed E-state index contributed by atoms with van der Waals surface area (Å²) in [5, 5.41) is 10.7. The lowest BCUT2D eigenvalue weighted by Crippen LogP contribution is -2.56. The SMILES string of the molecule is CC(=O)O[C@@H]1CC2=C(CC[C@@H](O)C2(C)C)[C@](CCc2ccoc2)(OC(C)=O)[C@@H]1C. The average molecular weight is 405 g/mol. The van der Waals surface area contributed by atoms with Gasteiger partial charge in [-0.1, -0.05) is 26.3 Å². The normalized spacial score (nSPS) is 31.2. The van der Waals surface area contributed by atoms with E-state index in [9.17, 15) is 14.7 Å². The van der Waals surface area contributed by atoms with Crippen LogP contribution < -0.4 is 0 Å². The molecule has 0 radical (unpaired) electrons. The van der Waals surface area contributed by atoms with Crippen LogP contribution in [0, 0.1) is 11.3 Å². The second-order valence-electron chi connectivity index (χ2n) is 8.99. The molecule has 1 N–H and O–H groups in total. The van der Waals surface area contributed by atoms with E-state index in [2.05, 4.69) is 0 Å². The zero-order valence-electron chi connectivity index (χ0n) is 18.0. The van der Waals surface area contributed by atoms with Gasteiger partial charge < -0.3 is 19.0 Å². The predicted octanol–water partition coefficient (Wildman–Crippen LogP) is 3.96. The number of carbonyl (C=O) groups is 2. The van der Waals surface area contributed by atoms with E-state index < -0.39 is 23.2 Å². The molecule has 3 rings (SSSR count). The third-order valence-corrected chi connectivity index (χ3v) is 6.86. The van der Waals surface area contributed by atoms with Gasteiger partial charge >= 0.3 is 11.9 Å². The van der Waals surface area contributed by atoms with Crippen molar-refractivity contribution in [3.8, 4) is 0 Å². The van der Waals surface area contributed by atoms with Crippen LogP contribution in [-0.2, 0) is 25.5 Å². The minimum Gasteiger partial charge on any atom is -0.472 e. The molecule has 160 valence electrons. The molecule has 0 fully saturated rings. The van der Waals surface area contributed by atoms with Crippen molar-refractivity contribution in [3.05, 3.63) is 35.3 Å². The van der Waals surface area contributed by atoms with Gasteiger partial charge in [-0.2, -0.15) is 0 Å². The molecule has 6 heteroatoms. The summed E-state index contributed by atoms with van der Waals surface area (Å²) in [6.45, 7) is 8.85. The number of hydrogen-bond acceptors (Lipinski definition) is 6. The van der Waals surface area contributed by atoms with Crippen molar-refractivity contribution in [3.63, 3.8) is 0 Å². The van der Waals surface area contributed by atoms with Gasteiger partial charge in [-0.25, -0.2) is 0 Å². The molecule has 2 aliphatic rings.